The Hall–Kier alpha value is -1.95. The fourth-order valence-electron chi connectivity index (χ4n) is 1.86. The van der Waals surface area contributed by atoms with Crippen LogP contribution in [0.5, 0.6) is 5.75 Å². The van der Waals surface area contributed by atoms with Gasteiger partial charge >= 0.3 is 0 Å². The summed E-state index contributed by atoms with van der Waals surface area (Å²) in [5.41, 5.74) is 0.914. The first kappa shape index (κ1) is 13.1. The lowest BCUT2D eigenvalue weighted by Gasteiger charge is -2.07. The van der Waals surface area contributed by atoms with Gasteiger partial charge in [-0.05, 0) is 30.5 Å². The Labute approximate surface area is 116 Å². The van der Waals surface area contributed by atoms with E-state index in [-0.39, 0.29) is 18.2 Å². The van der Waals surface area contributed by atoms with Crippen LogP contribution in [0.1, 0.15) is 30.1 Å². The highest BCUT2D eigenvalue weighted by Crippen LogP contribution is 2.22. The van der Waals surface area contributed by atoms with Crippen molar-refractivity contribution in [2.24, 2.45) is 0 Å². The van der Waals surface area contributed by atoms with E-state index in [0.29, 0.717) is 24.3 Å². The molecule has 0 spiro atoms. The van der Waals surface area contributed by atoms with Gasteiger partial charge < -0.3 is 14.6 Å². The highest BCUT2D eigenvalue weighted by atomic mass is 19.1. The van der Waals surface area contributed by atoms with Gasteiger partial charge in [0.2, 0.25) is 11.7 Å². The topological polar surface area (TPSA) is 60.2 Å². The van der Waals surface area contributed by atoms with Crippen molar-refractivity contribution in [2.75, 3.05) is 0 Å². The number of halogens is 1. The van der Waals surface area contributed by atoms with Crippen molar-refractivity contribution in [1.29, 1.82) is 0 Å². The van der Waals surface area contributed by atoms with Gasteiger partial charge in [-0.25, -0.2) is 4.39 Å². The molecule has 106 valence electrons. The third-order valence-corrected chi connectivity index (χ3v) is 3.09. The smallest absolute Gasteiger partial charge is 0.223 e. The van der Waals surface area contributed by atoms with E-state index in [1.165, 1.54) is 18.9 Å². The standard InChI is InChI=1S/C14H16FN3O2/c1-9-17-14(18-20-9)8-19-13-5-2-10(6-12(13)15)7-16-11-3-4-11/h2,5-6,11,16H,3-4,7-8H2,1H3. The number of rotatable bonds is 6. The summed E-state index contributed by atoms with van der Waals surface area (Å²) in [5, 5.41) is 7.03. The molecule has 0 saturated heterocycles. The van der Waals surface area contributed by atoms with Crippen molar-refractivity contribution in [3.8, 4) is 5.75 Å². The lowest BCUT2D eigenvalue weighted by atomic mass is 10.2. The molecular weight excluding hydrogens is 261 g/mol. The van der Waals surface area contributed by atoms with Gasteiger partial charge in [0, 0.05) is 19.5 Å². The number of nitrogens with zero attached hydrogens (tertiary/aromatic N) is 2. The Morgan fingerprint density at radius 2 is 2.30 bits per heavy atom. The number of benzene rings is 1. The van der Waals surface area contributed by atoms with Crippen molar-refractivity contribution in [3.63, 3.8) is 0 Å². The Bertz CT molecular complexity index is 596. The number of ether oxygens (including phenoxy) is 1. The number of aromatic nitrogens is 2. The molecule has 1 saturated carbocycles. The average Bonchev–Trinajstić information content (AvgIpc) is 3.17. The van der Waals surface area contributed by atoms with Gasteiger partial charge in [0.05, 0.1) is 0 Å². The van der Waals surface area contributed by atoms with Crippen molar-refractivity contribution in [2.45, 2.75) is 39.0 Å². The lowest BCUT2D eigenvalue weighted by Crippen LogP contribution is -2.15. The molecule has 1 fully saturated rings. The zero-order chi connectivity index (χ0) is 13.9. The van der Waals surface area contributed by atoms with E-state index in [1.54, 1.807) is 13.0 Å². The van der Waals surface area contributed by atoms with E-state index in [9.17, 15) is 4.39 Å². The van der Waals surface area contributed by atoms with E-state index in [2.05, 4.69) is 15.5 Å². The van der Waals surface area contributed by atoms with Crippen LogP contribution in [-0.4, -0.2) is 16.2 Å². The van der Waals surface area contributed by atoms with E-state index < -0.39 is 0 Å². The van der Waals surface area contributed by atoms with Gasteiger partial charge in [-0.3, -0.25) is 0 Å². The molecule has 6 heteroatoms. The van der Waals surface area contributed by atoms with E-state index in [1.807, 2.05) is 6.07 Å². The van der Waals surface area contributed by atoms with Gasteiger partial charge in [0.1, 0.15) is 0 Å². The van der Waals surface area contributed by atoms with Crippen LogP contribution in [0, 0.1) is 12.7 Å². The Kier molecular flexibility index (Phi) is 3.64. The van der Waals surface area contributed by atoms with Crippen molar-refractivity contribution in [3.05, 3.63) is 41.3 Å². The second-order valence-corrected chi connectivity index (χ2v) is 4.94. The van der Waals surface area contributed by atoms with Crippen LogP contribution in [0.25, 0.3) is 0 Å². The number of hydrogen-bond donors (Lipinski definition) is 1. The first-order valence-corrected chi connectivity index (χ1v) is 6.64. The molecule has 0 aliphatic heterocycles. The summed E-state index contributed by atoms with van der Waals surface area (Å²) < 4.78 is 24.0. The molecule has 0 atom stereocenters. The largest absolute Gasteiger partial charge is 0.482 e. The number of nitrogens with one attached hydrogen (secondary N) is 1. The van der Waals surface area contributed by atoms with Crippen LogP contribution >= 0.6 is 0 Å². The summed E-state index contributed by atoms with van der Waals surface area (Å²) in [7, 11) is 0. The fourth-order valence-corrected chi connectivity index (χ4v) is 1.86. The molecule has 1 aromatic carbocycles. The molecule has 1 aliphatic carbocycles. The quantitative estimate of drug-likeness (QED) is 0.878. The van der Waals surface area contributed by atoms with Crippen LogP contribution < -0.4 is 10.1 Å². The molecule has 1 aromatic heterocycles. The molecule has 1 aliphatic rings. The van der Waals surface area contributed by atoms with Crippen LogP contribution in [0.15, 0.2) is 22.7 Å². The van der Waals surface area contributed by atoms with Gasteiger partial charge in [-0.1, -0.05) is 11.2 Å². The zero-order valence-electron chi connectivity index (χ0n) is 11.2. The molecule has 0 amide bonds. The Morgan fingerprint density at radius 3 is 2.95 bits per heavy atom. The van der Waals surface area contributed by atoms with Crippen molar-refractivity contribution >= 4 is 0 Å². The minimum absolute atomic E-state index is 0.0912. The molecule has 0 bridgehead atoms. The SMILES string of the molecule is Cc1nc(COc2ccc(CNC3CC3)cc2F)no1. The summed E-state index contributed by atoms with van der Waals surface area (Å²) in [5.74, 6) is 0.690. The highest BCUT2D eigenvalue weighted by Gasteiger charge is 2.20. The monoisotopic (exact) mass is 277 g/mol. The predicted molar refractivity (Wildman–Crippen MR) is 69.6 cm³/mol. The minimum atomic E-state index is -0.375. The van der Waals surface area contributed by atoms with Crippen LogP contribution in [0.3, 0.4) is 0 Å². The molecule has 20 heavy (non-hydrogen) atoms. The Balaban J connectivity index is 1.58. The third kappa shape index (κ3) is 3.33. The second-order valence-electron chi connectivity index (χ2n) is 4.94. The summed E-state index contributed by atoms with van der Waals surface area (Å²) in [6.07, 6.45) is 2.43. The predicted octanol–water partition coefficient (Wildman–Crippen LogP) is 2.35. The van der Waals surface area contributed by atoms with E-state index >= 15 is 0 Å². The molecule has 0 radical (unpaired) electrons. The fraction of sp³-hybridized carbons (Fsp3) is 0.429. The summed E-state index contributed by atoms with van der Waals surface area (Å²) in [4.78, 5) is 3.99. The summed E-state index contributed by atoms with van der Waals surface area (Å²) in [6.45, 7) is 2.47. The van der Waals surface area contributed by atoms with Crippen LogP contribution in [-0.2, 0) is 13.2 Å². The van der Waals surface area contributed by atoms with Gasteiger partial charge in [-0.15, -0.1) is 0 Å². The number of hydrogen-bond acceptors (Lipinski definition) is 5. The highest BCUT2D eigenvalue weighted by molar-refractivity contribution is 5.29. The van der Waals surface area contributed by atoms with Gasteiger partial charge in [0.15, 0.2) is 18.2 Å². The average molecular weight is 277 g/mol. The normalized spacial score (nSPS) is 14.5. The van der Waals surface area contributed by atoms with Crippen LogP contribution in [0.2, 0.25) is 0 Å². The second kappa shape index (κ2) is 5.58. The maximum atomic E-state index is 13.9. The zero-order valence-corrected chi connectivity index (χ0v) is 11.2. The molecule has 3 rings (SSSR count). The Morgan fingerprint density at radius 1 is 1.45 bits per heavy atom. The van der Waals surface area contributed by atoms with E-state index in [0.717, 1.165) is 5.56 Å². The summed E-state index contributed by atoms with van der Waals surface area (Å²) >= 11 is 0. The summed E-state index contributed by atoms with van der Waals surface area (Å²) in [6, 6.07) is 5.59. The minimum Gasteiger partial charge on any atom is -0.482 e. The molecule has 0 unspecified atom stereocenters. The van der Waals surface area contributed by atoms with Crippen molar-refractivity contribution in [1.82, 2.24) is 15.5 Å². The number of aryl methyl sites for hydroxylation is 1. The molecule has 1 heterocycles. The molecule has 1 N–H and O–H groups in total. The van der Waals surface area contributed by atoms with E-state index in [4.69, 9.17) is 9.26 Å². The third-order valence-electron chi connectivity index (χ3n) is 3.09. The molecule has 2 aromatic rings. The first-order chi connectivity index (χ1) is 9.70. The molecular formula is C14H16FN3O2. The van der Waals surface area contributed by atoms with Gasteiger partial charge in [0.25, 0.3) is 0 Å². The maximum Gasteiger partial charge on any atom is 0.223 e. The van der Waals surface area contributed by atoms with Crippen LogP contribution in [0.4, 0.5) is 4.39 Å². The lowest BCUT2D eigenvalue weighted by molar-refractivity contribution is 0.272. The maximum absolute atomic E-state index is 13.9. The first-order valence-electron chi connectivity index (χ1n) is 6.64. The van der Waals surface area contributed by atoms with Gasteiger partial charge in [-0.2, -0.15) is 4.98 Å². The van der Waals surface area contributed by atoms with Crippen molar-refractivity contribution < 1.29 is 13.7 Å². The molecule has 5 nitrogen and oxygen atoms in total.